The molecule has 1 rings (SSSR count). The lowest BCUT2D eigenvalue weighted by atomic mass is 10.0. The number of aliphatic hydroxyl groups excluding tert-OH is 1. The molecular weight excluding hydrogens is 250 g/mol. The van der Waals surface area contributed by atoms with Crippen molar-refractivity contribution < 1.29 is 9.90 Å². The lowest BCUT2D eigenvalue weighted by Crippen LogP contribution is -2.28. The predicted molar refractivity (Wildman–Crippen MR) is 81.6 cm³/mol. The molecule has 0 saturated carbocycles. The highest BCUT2D eigenvalue weighted by atomic mass is 16.2. The van der Waals surface area contributed by atoms with Gasteiger partial charge >= 0.3 is 0 Å². The third kappa shape index (κ3) is 4.71. The number of aliphatic hydroxyl groups is 1. The number of nitrogens with zero attached hydrogens (tertiary/aromatic N) is 1. The number of aryl methyl sites for hydroxylation is 1. The third-order valence-corrected chi connectivity index (χ3v) is 3.16. The smallest absolute Gasteiger partial charge is 0.253 e. The maximum Gasteiger partial charge on any atom is 0.253 e. The summed E-state index contributed by atoms with van der Waals surface area (Å²) in [6.07, 6.45) is 1.00. The highest BCUT2D eigenvalue weighted by Crippen LogP contribution is 2.12. The molecular formula is C17H23NO2. The molecule has 0 aliphatic rings. The largest absolute Gasteiger partial charge is 0.384 e. The molecule has 0 aliphatic heterocycles. The van der Waals surface area contributed by atoms with Gasteiger partial charge in [0.05, 0.1) is 0 Å². The van der Waals surface area contributed by atoms with Crippen molar-refractivity contribution in [1.82, 2.24) is 4.90 Å². The van der Waals surface area contributed by atoms with Crippen molar-refractivity contribution in [3.8, 4) is 11.8 Å². The molecule has 0 heterocycles. The SMILES string of the molecule is Cc1cc(C(=O)N(C)CCC(C)C)ccc1C#CCO. The van der Waals surface area contributed by atoms with Gasteiger partial charge in [0.1, 0.15) is 6.61 Å². The van der Waals surface area contributed by atoms with Crippen LogP contribution in [0.2, 0.25) is 0 Å². The molecule has 0 spiro atoms. The predicted octanol–water partition coefficient (Wildman–Crippen LogP) is 2.46. The van der Waals surface area contributed by atoms with Gasteiger partial charge < -0.3 is 10.0 Å². The quantitative estimate of drug-likeness (QED) is 0.856. The normalized spacial score (nSPS) is 10.1. The van der Waals surface area contributed by atoms with E-state index in [2.05, 4.69) is 25.7 Å². The van der Waals surface area contributed by atoms with E-state index < -0.39 is 0 Å². The Hall–Kier alpha value is -1.79. The maximum atomic E-state index is 12.3. The van der Waals surface area contributed by atoms with Crippen molar-refractivity contribution in [1.29, 1.82) is 0 Å². The molecule has 0 atom stereocenters. The Kier molecular flexibility index (Phi) is 6.27. The summed E-state index contributed by atoms with van der Waals surface area (Å²) in [6.45, 7) is 6.83. The Morgan fingerprint density at radius 3 is 2.65 bits per heavy atom. The van der Waals surface area contributed by atoms with Gasteiger partial charge in [-0.15, -0.1) is 0 Å². The molecule has 1 aromatic carbocycles. The fourth-order valence-electron chi connectivity index (χ4n) is 1.85. The zero-order chi connectivity index (χ0) is 15.1. The Morgan fingerprint density at radius 2 is 2.10 bits per heavy atom. The lowest BCUT2D eigenvalue weighted by molar-refractivity contribution is 0.0789. The number of amides is 1. The minimum absolute atomic E-state index is 0.0374. The van der Waals surface area contributed by atoms with E-state index in [0.717, 1.165) is 24.1 Å². The molecule has 0 aromatic heterocycles. The minimum Gasteiger partial charge on any atom is -0.384 e. The lowest BCUT2D eigenvalue weighted by Gasteiger charge is -2.18. The summed E-state index contributed by atoms with van der Waals surface area (Å²) >= 11 is 0. The maximum absolute atomic E-state index is 12.3. The summed E-state index contributed by atoms with van der Waals surface area (Å²) in [5.74, 6) is 6.12. The van der Waals surface area contributed by atoms with Crippen molar-refractivity contribution in [3.05, 3.63) is 34.9 Å². The first-order chi connectivity index (χ1) is 9.45. The van der Waals surface area contributed by atoms with E-state index in [4.69, 9.17) is 5.11 Å². The molecule has 3 heteroatoms. The van der Waals surface area contributed by atoms with E-state index in [1.807, 2.05) is 26.1 Å². The number of hydrogen-bond donors (Lipinski definition) is 1. The zero-order valence-electron chi connectivity index (χ0n) is 12.7. The standard InChI is InChI=1S/C17H23NO2/c1-13(2)9-10-18(4)17(20)16-8-7-15(6-5-11-19)14(3)12-16/h7-8,12-13,19H,9-11H2,1-4H3. The average Bonchev–Trinajstić information content (AvgIpc) is 2.42. The van der Waals surface area contributed by atoms with E-state index in [-0.39, 0.29) is 12.5 Å². The second kappa shape index (κ2) is 7.72. The van der Waals surface area contributed by atoms with Gasteiger partial charge in [-0.2, -0.15) is 0 Å². The van der Waals surface area contributed by atoms with Crippen LogP contribution in [0.1, 0.15) is 41.8 Å². The summed E-state index contributed by atoms with van der Waals surface area (Å²) in [5.41, 5.74) is 2.48. The molecule has 1 amide bonds. The molecule has 0 saturated heterocycles. The van der Waals surface area contributed by atoms with Crippen LogP contribution in [0.15, 0.2) is 18.2 Å². The summed E-state index contributed by atoms with van der Waals surface area (Å²) in [5, 5.41) is 8.70. The first-order valence-electron chi connectivity index (χ1n) is 6.91. The monoisotopic (exact) mass is 273 g/mol. The molecule has 0 bridgehead atoms. The molecule has 0 aliphatic carbocycles. The highest BCUT2D eigenvalue weighted by molar-refractivity contribution is 5.94. The molecule has 108 valence electrons. The van der Waals surface area contributed by atoms with Gasteiger partial charge in [-0.05, 0) is 43.0 Å². The number of hydrogen-bond acceptors (Lipinski definition) is 2. The molecule has 1 aromatic rings. The van der Waals surface area contributed by atoms with Gasteiger partial charge in [0.15, 0.2) is 0 Å². The van der Waals surface area contributed by atoms with Gasteiger partial charge in [-0.3, -0.25) is 4.79 Å². The van der Waals surface area contributed by atoms with Crippen molar-refractivity contribution in [2.75, 3.05) is 20.2 Å². The molecule has 0 radical (unpaired) electrons. The van der Waals surface area contributed by atoms with Crippen molar-refractivity contribution in [2.24, 2.45) is 5.92 Å². The van der Waals surface area contributed by atoms with Crippen LogP contribution < -0.4 is 0 Å². The van der Waals surface area contributed by atoms with Crippen LogP contribution in [0.5, 0.6) is 0 Å². The first kappa shape index (κ1) is 16.3. The van der Waals surface area contributed by atoms with Crippen LogP contribution in [0.25, 0.3) is 0 Å². The molecule has 3 nitrogen and oxygen atoms in total. The molecule has 20 heavy (non-hydrogen) atoms. The van der Waals surface area contributed by atoms with Crippen LogP contribution in [0.4, 0.5) is 0 Å². The fraction of sp³-hybridized carbons (Fsp3) is 0.471. The van der Waals surface area contributed by atoms with E-state index in [1.54, 1.807) is 11.0 Å². The van der Waals surface area contributed by atoms with Crippen LogP contribution in [-0.4, -0.2) is 36.1 Å². The van der Waals surface area contributed by atoms with Gasteiger partial charge in [0.2, 0.25) is 0 Å². The van der Waals surface area contributed by atoms with Gasteiger partial charge in [-0.25, -0.2) is 0 Å². The summed E-state index contributed by atoms with van der Waals surface area (Å²) in [4.78, 5) is 14.0. The second-order valence-corrected chi connectivity index (χ2v) is 5.40. The fourth-order valence-corrected chi connectivity index (χ4v) is 1.85. The Labute approximate surface area is 121 Å². The van der Waals surface area contributed by atoms with Crippen LogP contribution in [-0.2, 0) is 0 Å². The van der Waals surface area contributed by atoms with Crippen LogP contribution >= 0.6 is 0 Å². The average molecular weight is 273 g/mol. The van der Waals surface area contributed by atoms with Gasteiger partial charge in [0, 0.05) is 24.7 Å². The van der Waals surface area contributed by atoms with Crippen molar-refractivity contribution in [3.63, 3.8) is 0 Å². The summed E-state index contributed by atoms with van der Waals surface area (Å²) in [6, 6.07) is 5.49. The van der Waals surface area contributed by atoms with E-state index >= 15 is 0 Å². The van der Waals surface area contributed by atoms with Crippen molar-refractivity contribution >= 4 is 5.91 Å². The topological polar surface area (TPSA) is 40.5 Å². The molecule has 0 fully saturated rings. The van der Waals surface area contributed by atoms with Crippen LogP contribution in [0.3, 0.4) is 0 Å². The third-order valence-electron chi connectivity index (χ3n) is 3.16. The number of rotatable bonds is 4. The zero-order valence-corrected chi connectivity index (χ0v) is 12.7. The van der Waals surface area contributed by atoms with Crippen molar-refractivity contribution in [2.45, 2.75) is 27.2 Å². The Balaban J connectivity index is 2.81. The molecule has 1 N–H and O–H groups in total. The molecule has 0 unspecified atom stereocenters. The van der Waals surface area contributed by atoms with E-state index in [9.17, 15) is 4.79 Å². The highest BCUT2D eigenvalue weighted by Gasteiger charge is 2.12. The van der Waals surface area contributed by atoms with E-state index in [1.165, 1.54) is 0 Å². The second-order valence-electron chi connectivity index (χ2n) is 5.40. The van der Waals surface area contributed by atoms with E-state index in [0.29, 0.717) is 11.5 Å². The van der Waals surface area contributed by atoms with Gasteiger partial charge in [-0.1, -0.05) is 25.7 Å². The summed E-state index contributed by atoms with van der Waals surface area (Å²) in [7, 11) is 1.83. The minimum atomic E-state index is -0.155. The number of carbonyl (C=O) groups is 1. The Morgan fingerprint density at radius 1 is 1.40 bits per heavy atom. The first-order valence-corrected chi connectivity index (χ1v) is 6.91. The van der Waals surface area contributed by atoms with Gasteiger partial charge in [0.25, 0.3) is 5.91 Å². The number of carbonyl (C=O) groups excluding carboxylic acids is 1. The number of benzene rings is 1. The van der Waals surface area contributed by atoms with Crippen LogP contribution in [0, 0.1) is 24.7 Å². The Bertz CT molecular complexity index is 524. The summed E-state index contributed by atoms with van der Waals surface area (Å²) < 4.78 is 0.